The van der Waals surface area contributed by atoms with E-state index in [0.29, 0.717) is 11.3 Å². The molecule has 7 heteroatoms. The monoisotopic (exact) mass is 373 g/mol. The van der Waals surface area contributed by atoms with E-state index < -0.39 is 10.0 Å². The van der Waals surface area contributed by atoms with Crippen molar-refractivity contribution in [1.82, 2.24) is 10.6 Å². The van der Waals surface area contributed by atoms with E-state index in [1.54, 1.807) is 36.4 Å². The van der Waals surface area contributed by atoms with Gasteiger partial charge in [-0.2, -0.15) is 0 Å². The van der Waals surface area contributed by atoms with E-state index in [1.165, 1.54) is 25.0 Å². The Morgan fingerprint density at radius 3 is 2.42 bits per heavy atom. The standard InChI is InChI=1S/C19H23N3O3S/c23-19(14-20-12-15-10-11-15)21-13-16-6-4-5-9-18(16)22-26(24,25)17-7-2-1-3-8-17/h1-9,15,20,22H,10-14H2,(H,21,23). The van der Waals surface area contributed by atoms with Gasteiger partial charge in [0.25, 0.3) is 10.0 Å². The topological polar surface area (TPSA) is 87.3 Å². The Labute approximate surface area is 154 Å². The van der Waals surface area contributed by atoms with Crippen LogP contribution < -0.4 is 15.4 Å². The Morgan fingerprint density at radius 1 is 1.00 bits per heavy atom. The average molecular weight is 373 g/mol. The van der Waals surface area contributed by atoms with Gasteiger partial charge in [-0.25, -0.2) is 8.42 Å². The van der Waals surface area contributed by atoms with Gasteiger partial charge >= 0.3 is 0 Å². The third-order valence-electron chi connectivity index (χ3n) is 4.21. The molecule has 3 N–H and O–H groups in total. The SMILES string of the molecule is O=C(CNCC1CC1)NCc1ccccc1NS(=O)(=O)c1ccccc1. The predicted octanol–water partition coefficient (Wildman–Crippen LogP) is 2.10. The van der Waals surface area contributed by atoms with E-state index in [1.807, 2.05) is 6.07 Å². The van der Waals surface area contributed by atoms with Crippen molar-refractivity contribution in [2.45, 2.75) is 24.3 Å². The maximum Gasteiger partial charge on any atom is 0.261 e. The van der Waals surface area contributed by atoms with Crippen LogP contribution in [0.2, 0.25) is 0 Å². The van der Waals surface area contributed by atoms with Crippen LogP contribution in [0, 0.1) is 5.92 Å². The molecule has 0 radical (unpaired) electrons. The number of benzene rings is 2. The molecular weight excluding hydrogens is 350 g/mol. The van der Waals surface area contributed by atoms with Gasteiger partial charge in [-0.05, 0) is 49.1 Å². The van der Waals surface area contributed by atoms with Crippen LogP contribution in [0.3, 0.4) is 0 Å². The fraction of sp³-hybridized carbons (Fsp3) is 0.316. The summed E-state index contributed by atoms with van der Waals surface area (Å²) in [4.78, 5) is 12.1. The number of carbonyl (C=O) groups excluding carboxylic acids is 1. The van der Waals surface area contributed by atoms with Crippen LogP contribution in [0.15, 0.2) is 59.5 Å². The number of nitrogens with one attached hydrogen (secondary N) is 3. The van der Waals surface area contributed by atoms with Crippen LogP contribution >= 0.6 is 0 Å². The molecule has 1 aliphatic rings. The lowest BCUT2D eigenvalue weighted by molar-refractivity contribution is -0.120. The molecule has 0 aliphatic heterocycles. The molecule has 0 atom stereocenters. The molecule has 0 heterocycles. The maximum absolute atomic E-state index is 12.5. The van der Waals surface area contributed by atoms with Crippen molar-refractivity contribution in [2.24, 2.45) is 5.92 Å². The van der Waals surface area contributed by atoms with Crippen molar-refractivity contribution in [2.75, 3.05) is 17.8 Å². The summed E-state index contributed by atoms with van der Waals surface area (Å²) in [7, 11) is -3.67. The second kappa shape index (κ2) is 8.33. The summed E-state index contributed by atoms with van der Waals surface area (Å²) >= 11 is 0. The van der Waals surface area contributed by atoms with Crippen molar-refractivity contribution in [3.63, 3.8) is 0 Å². The highest BCUT2D eigenvalue weighted by Gasteiger charge is 2.20. The van der Waals surface area contributed by atoms with E-state index in [0.717, 1.165) is 12.5 Å². The van der Waals surface area contributed by atoms with Gasteiger partial charge in [0.2, 0.25) is 5.91 Å². The normalized spacial score (nSPS) is 14.0. The van der Waals surface area contributed by atoms with Crippen LogP contribution in [-0.2, 0) is 21.4 Å². The summed E-state index contributed by atoms with van der Waals surface area (Å²) in [5.41, 5.74) is 1.17. The van der Waals surface area contributed by atoms with Crippen LogP contribution in [0.5, 0.6) is 0 Å². The van der Waals surface area contributed by atoms with E-state index in [2.05, 4.69) is 15.4 Å². The van der Waals surface area contributed by atoms with E-state index in [9.17, 15) is 13.2 Å². The minimum absolute atomic E-state index is 0.105. The molecule has 1 aliphatic carbocycles. The Kier molecular flexibility index (Phi) is 5.90. The molecular formula is C19H23N3O3S. The van der Waals surface area contributed by atoms with Crippen LogP contribution in [0.25, 0.3) is 0 Å². The molecule has 2 aromatic rings. The third-order valence-corrected chi connectivity index (χ3v) is 5.59. The Hall–Kier alpha value is -2.38. The lowest BCUT2D eigenvalue weighted by Gasteiger charge is -2.13. The molecule has 1 fully saturated rings. The summed E-state index contributed by atoms with van der Waals surface area (Å²) in [6.07, 6.45) is 2.48. The van der Waals surface area contributed by atoms with Gasteiger partial charge in [0, 0.05) is 6.54 Å². The van der Waals surface area contributed by atoms with Crippen LogP contribution in [-0.4, -0.2) is 27.4 Å². The molecule has 1 amide bonds. The zero-order valence-corrected chi connectivity index (χ0v) is 15.3. The van der Waals surface area contributed by atoms with Gasteiger partial charge in [-0.3, -0.25) is 9.52 Å². The van der Waals surface area contributed by atoms with Gasteiger partial charge in [-0.15, -0.1) is 0 Å². The molecule has 0 saturated heterocycles. The van der Waals surface area contributed by atoms with Gasteiger partial charge in [0.15, 0.2) is 0 Å². The van der Waals surface area contributed by atoms with Crippen LogP contribution in [0.4, 0.5) is 5.69 Å². The van der Waals surface area contributed by atoms with Crippen molar-refractivity contribution in [3.8, 4) is 0 Å². The van der Waals surface area contributed by atoms with Gasteiger partial charge in [0.1, 0.15) is 0 Å². The number of rotatable bonds is 9. The summed E-state index contributed by atoms with van der Waals surface area (Å²) in [6, 6.07) is 15.2. The average Bonchev–Trinajstić information content (AvgIpc) is 3.46. The van der Waals surface area contributed by atoms with Crippen molar-refractivity contribution in [3.05, 3.63) is 60.2 Å². The third kappa shape index (κ3) is 5.31. The van der Waals surface area contributed by atoms with Crippen LogP contribution in [0.1, 0.15) is 18.4 Å². The smallest absolute Gasteiger partial charge is 0.261 e. The van der Waals surface area contributed by atoms with Crippen molar-refractivity contribution < 1.29 is 13.2 Å². The number of carbonyl (C=O) groups is 1. The molecule has 0 unspecified atom stereocenters. The van der Waals surface area contributed by atoms with E-state index in [-0.39, 0.29) is 23.9 Å². The van der Waals surface area contributed by atoms with E-state index in [4.69, 9.17) is 0 Å². The highest BCUT2D eigenvalue weighted by atomic mass is 32.2. The zero-order chi connectivity index (χ0) is 18.4. The molecule has 26 heavy (non-hydrogen) atoms. The van der Waals surface area contributed by atoms with E-state index >= 15 is 0 Å². The minimum atomic E-state index is -3.67. The summed E-state index contributed by atoms with van der Waals surface area (Å²) in [6.45, 7) is 1.41. The fourth-order valence-corrected chi connectivity index (χ4v) is 3.67. The number of hydrogen-bond acceptors (Lipinski definition) is 4. The zero-order valence-electron chi connectivity index (χ0n) is 14.4. The Morgan fingerprint density at radius 2 is 1.69 bits per heavy atom. The molecule has 0 aromatic heterocycles. The highest BCUT2D eigenvalue weighted by Crippen LogP contribution is 2.27. The van der Waals surface area contributed by atoms with Gasteiger partial charge < -0.3 is 10.6 Å². The first-order valence-corrected chi connectivity index (χ1v) is 10.2. The summed E-state index contributed by atoms with van der Waals surface area (Å²) in [5.74, 6) is 0.613. The maximum atomic E-state index is 12.5. The summed E-state index contributed by atoms with van der Waals surface area (Å²) < 4.78 is 27.6. The minimum Gasteiger partial charge on any atom is -0.351 e. The molecule has 1 saturated carbocycles. The van der Waals surface area contributed by atoms with Crippen molar-refractivity contribution in [1.29, 1.82) is 0 Å². The summed E-state index contributed by atoms with van der Waals surface area (Å²) in [5, 5.41) is 5.96. The predicted molar refractivity (Wildman–Crippen MR) is 101 cm³/mol. The molecule has 138 valence electrons. The second-order valence-electron chi connectivity index (χ2n) is 6.43. The Balaban J connectivity index is 1.59. The molecule has 6 nitrogen and oxygen atoms in total. The van der Waals surface area contributed by atoms with Crippen molar-refractivity contribution >= 4 is 21.6 Å². The first-order valence-electron chi connectivity index (χ1n) is 8.68. The largest absolute Gasteiger partial charge is 0.351 e. The van der Waals surface area contributed by atoms with Gasteiger partial charge in [-0.1, -0.05) is 36.4 Å². The first kappa shape index (κ1) is 18.4. The lowest BCUT2D eigenvalue weighted by Crippen LogP contribution is -2.34. The molecule has 0 spiro atoms. The number of hydrogen-bond donors (Lipinski definition) is 3. The Bertz CT molecular complexity index is 849. The number of para-hydroxylation sites is 1. The number of sulfonamides is 1. The molecule has 0 bridgehead atoms. The van der Waals surface area contributed by atoms with Gasteiger partial charge in [0.05, 0.1) is 17.1 Å². The molecule has 3 rings (SSSR count). The fourth-order valence-electron chi connectivity index (χ4n) is 2.55. The first-order chi connectivity index (χ1) is 12.5. The number of amides is 1. The quantitative estimate of drug-likeness (QED) is 0.628. The highest BCUT2D eigenvalue weighted by molar-refractivity contribution is 7.92. The number of anilines is 1. The molecule has 2 aromatic carbocycles. The lowest BCUT2D eigenvalue weighted by atomic mass is 10.2. The second-order valence-corrected chi connectivity index (χ2v) is 8.11.